The molecule has 0 aliphatic rings. The van der Waals surface area contributed by atoms with Crippen LogP contribution in [0.4, 0.5) is 0 Å². The summed E-state index contributed by atoms with van der Waals surface area (Å²) >= 11 is 0. The first-order valence-electron chi connectivity index (χ1n) is 9.19. The molecule has 0 amide bonds. The molecule has 0 unspecified atom stereocenters. The van der Waals surface area contributed by atoms with E-state index in [1.165, 1.54) is 12.1 Å². The van der Waals surface area contributed by atoms with Crippen molar-refractivity contribution >= 4 is 53.7 Å². The van der Waals surface area contributed by atoms with Crippen molar-refractivity contribution in [3.63, 3.8) is 0 Å². The fraction of sp³-hybridized carbons (Fsp3) is 0.0909. The highest BCUT2D eigenvalue weighted by molar-refractivity contribution is 7.86. The highest BCUT2D eigenvalue weighted by Gasteiger charge is 2.21. The first-order chi connectivity index (χ1) is 14.2. The van der Waals surface area contributed by atoms with E-state index in [9.17, 15) is 22.6 Å². The van der Waals surface area contributed by atoms with Crippen molar-refractivity contribution in [3.05, 3.63) is 74.0 Å². The predicted octanol–water partition coefficient (Wildman–Crippen LogP) is 3.54. The van der Waals surface area contributed by atoms with Crippen molar-refractivity contribution in [1.29, 1.82) is 0 Å². The van der Waals surface area contributed by atoms with Crippen LogP contribution in [0.2, 0.25) is 0 Å². The van der Waals surface area contributed by atoms with E-state index in [1.54, 1.807) is 38.1 Å². The Bertz CT molecular complexity index is 1780. The molecule has 5 aromatic rings. The van der Waals surface area contributed by atoms with Crippen LogP contribution in [0.25, 0.3) is 43.6 Å². The molecule has 30 heavy (non-hydrogen) atoms. The first kappa shape index (κ1) is 18.5. The monoisotopic (exact) mass is 420 g/mol. The summed E-state index contributed by atoms with van der Waals surface area (Å²) < 4.78 is 33.4. The molecule has 0 fully saturated rings. The Morgan fingerprint density at radius 1 is 0.800 bits per heavy atom. The summed E-state index contributed by atoms with van der Waals surface area (Å²) in [4.78, 5) is 32.3. The van der Waals surface area contributed by atoms with E-state index in [1.807, 2.05) is 6.07 Å². The second-order valence-corrected chi connectivity index (χ2v) is 8.80. The quantitative estimate of drug-likeness (QED) is 0.283. The van der Waals surface area contributed by atoms with E-state index in [-0.39, 0.29) is 26.7 Å². The summed E-state index contributed by atoms with van der Waals surface area (Å²) in [6.45, 7) is 3.45. The van der Waals surface area contributed by atoms with Gasteiger partial charge in [0.1, 0.15) is 4.90 Å². The molecule has 0 aliphatic heterocycles. The maximum atomic E-state index is 13.4. The molecule has 3 N–H and O–H groups in total. The molecular formula is C22H16N2O5S. The molecular weight excluding hydrogens is 404 g/mol. The fourth-order valence-electron chi connectivity index (χ4n) is 4.20. The molecule has 0 bridgehead atoms. The zero-order valence-electron chi connectivity index (χ0n) is 16.0. The Morgan fingerprint density at radius 2 is 1.50 bits per heavy atom. The Morgan fingerprint density at radius 3 is 2.23 bits per heavy atom. The average molecular weight is 420 g/mol. The van der Waals surface area contributed by atoms with E-state index >= 15 is 0 Å². The number of aryl methyl sites for hydroxylation is 2. The lowest BCUT2D eigenvalue weighted by atomic mass is 9.99. The zero-order valence-corrected chi connectivity index (χ0v) is 16.8. The molecule has 0 aliphatic carbocycles. The topological polar surface area (TPSA) is 120 Å². The third-order valence-electron chi connectivity index (χ3n) is 5.62. The Labute approximate surface area is 169 Å². The van der Waals surface area contributed by atoms with Gasteiger partial charge in [-0.25, -0.2) is 0 Å². The number of rotatable bonds is 1. The fourth-order valence-corrected chi connectivity index (χ4v) is 4.85. The maximum absolute atomic E-state index is 13.4. The minimum Gasteiger partial charge on any atom is -0.354 e. The van der Waals surface area contributed by atoms with Crippen LogP contribution in [-0.4, -0.2) is 22.9 Å². The van der Waals surface area contributed by atoms with Crippen molar-refractivity contribution in [1.82, 2.24) is 9.97 Å². The lowest BCUT2D eigenvalue weighted by Gasteiger charge is -2.12. The van der Waals surface area contributed by atoms with E-state index in [4.69, 9.17) is 0 Å². The molecule has 0 saturated carbocycles. The minimum atomic E-state index is -4.56. The van der Waals surface area contributed by atoms with Gasteiger partial charge in [-0.2, -0.15) is 8.42 Å². The van der Waals surface area contributed by atoms with Gasteiger partial charge in [-0.15, -0.1) is 0 Å². The molecule has 2 heterocycles. The van der Waals surface area contributed by atoms with Crippen LogP contribution in [0, 0.1) is 13.8 Å². The van der Waals surface area contributed by atoms with Crippen molar-refractivity contribution in [2.45, 2.75) is 18.7 Å². The number of H-pyrrole nitrogens is 2. The zero-order chi connectivity index (χ0) is 21.4. The normalized spacial score (nSPS) is 12.4. The van der Waals surface area contributed by atoms with E-state index in [0.29, 0.717) is 43.8 Å². The number of aromatic nitrogens is 2. The average Bonchev–Trinajstić information content (AvgIpc) is 2.68. The Kier molecular flexibility index (Phi) is 3.71. The van der Waals surface area contributed by atoms with Gasteiger partial charge in [0.2, 0.25) is 0 Å². The molecule has 8 heteroatoms. The number of pyridine rings is 2. The molecule has 3 aromatic carbocycles. The molecule has 150 valence electrons. The number of benzene rings is 3. The smallest absolute Gasteiger partial charge is 0.296 e. The summed E-state index contributed by atoms with van der Waals surface area (Å²) in [6.07, 6.45) is 0. The number of hydrogen-bond donors (Lipinski definition) is 3. The molecule has 5 rings (SSSR count). The summed E-state index contributed by atoms with van der Waals surface area (Å²) in [6, 6.07) is 11.4. The van der Waals surface area contributed by atoms with Crippen molar-refractivity contribution in [2.24, 2.45) is 0 Å². The molecule has 0 spiro atoms. The third-order valence-corrected chi connectivity index (χ3v) is 6.52. The second-order valence-electron chi connectivity index (χ2n) is 7.41. The largest absolute Gasteiger partial charge is 0.354 e. The van der Waals surface area contributed by atoms with Gasteiger partial charge in [0, 0.05) is 16.3 Å². The number of aromatic amines is 2. The maximum Gasteiger partial charge on any atom is 0.296 e. The standard InChI is InChI=1S/C22H16N2O5S/c1-10-7-8-16(30(27,28)29)20-17(10)22(26)18-11(2)19-13(9-15(18)24-20)21(25)12-5-3-4-6-14(12)23-19/h3-9H,1-2H3,(H,23,25)(H,24,26)(H,27,28,29). The van der Waals surface area contributed by atoms with E-state index in [2.05, 4.69) is 9.97 Å². The number of nitrogens with one attached hydrogen (secondary N) is 2. The highest BCUT2D eigenvalue weighted by Crippen LogP contribution is 2.29. The second kappa shape index (κ2) is 6.01. The molecule has 0 radical (unpaired) electrons. The molecule has 0 saturated heterocycles. The van der Waals surface area contributed by atoms with Gasteiger partial charge in [0.15, 0.2) is 10.9 Å². The van der Waals surface area contributed by atoms with Crippen molar-refractivity contribution in [2.75, 3.05) is 0 Å². The SMILES string of the molecule is Cc1c2[nH]c3ccccc3c(=O)c2cc2[nH]c3c(S(=O)(=O)O)ccc(C)c3c(=O)c12. The van der Waals surface area contributed by atoms with Crippen LogP contribution in [0.1, 0.15) is 11.1 Å². The summed E-state index contributed by atoms with van der Waals surface area (Å²) in [5.41, 5.74) is 2.18. The molecule has 7 nitrogen and oxygen atoms in total. The Balaban J connectivity index is 2.09. The summed E-state index contributed by atoms with van der Waals surface area (Å²) in [7, 11) is -4.56. The predicted molar refractivity (Wildman–Crippen MR) is 117 cm³/mol. The van der Waals surface area contributed by atoms with Gasteiger partial charge in [-0.3, -0.25) is 14.1 Å². The van der Waals surface area contributed by atoms with Gasteiger partial charge < -0.3 is 9.97 Å². The van der Waals surface area contributed by atoms with Gasteiger partial charge in [-0.1, -0.05) is 18.2 Å². The third kappa shape index (κ3) is 2.44. The van der Waals surface area contributed by atoms with Crippen LogP contribution in [0.3, 0.4) is 0 Å². The van der Waals surface area contributed by atoms with Crippen LogP contribution in [0.15, 0.2) is 56.9 Å². The highest BCUT2D eigenvalue weighted by atomic mass is 32.2. The number of para-hydroxylation sites is 1. The molecule has 2 aromatic heterocycles. The lowest BCUT2D eigenvalue weighted by Crippen LogP contribution is -2.13. The van der Waals surface area contributed by atoms with Crippen LogP contribution >= 0.6 is 0 Å². The van der Waals surface area contributed by atoms with Crippen LogP contribution in [0.5, 0.6) is 0 Å². The van der Waals surface area contributed by atoms with Gasteiger partial charge in [0.25, 0.3) is 10.1 Å². The van der Waals surface area contributed by atoms with Gasteiger partial charge in [-0.05, 0) is 49.2 Å². The summed E-state index contributed by atoms with van der Waals surface area (Å²) in [5, 5.41) is 1.44. The van der Waals surface area contributed by atoms with Crippen LogP contribution in [-0.2, 0) is 10.1 Å². The first-order valence-corrected chi connectivity index (χ1v) is 10.6. The van der Waals surface area contributed by atoms with Crippen molar-refractivity contribution < 1.29 is 13.0 Å². The van der Waals surface area contributed by atoms with Crippen LogP contribution < -0.4 is 10.9 Å². The molecule has 0 atom stereocenters. The minimum absolute atomic E-state index is 0.0194. The summed E-state index contributed by atoms with van der Waals surface area (Å²) in [5.74, 6) is 0. The lowest BCUT2D eigenvalue weighted by molar-refractivity contribution is 0.484. The number of hydrogen-bond acceptors (Lipinski definition) is 4. The van der Waals surface area contributed by atoms with Crippen molar-refractivity contribution in [3.8, 4) is 0 Å². The van der Waals surface area contributed by atoms with E-state index in [0.717, 1.165) is 0 Å². The van der Waals surface area contributed by atoms with Gasteiger partial charge >= 0.3 is 0 Å². The van der Waals surface area contributed by atoms with Gasteiger partial charge in [0.05, 0.1) is 27.3 Å². The van der Waals surface area contributed by atoms with E-state index < -0.39 is 10.1 Å². The Hall–Kier alpha value is -3.49. The number of fused-ring (bicyclic) bond motifs is 4.